The van der Waals surface area contributed by atoms with Crippen molar-refractivity contribution in [3.05, 3.63) is 0 Å². The molecule has 0 aromatic rings. The first-order chi connectivity index (χ1) is 7.69. The maximum atomic E-state index is 5.22. The van der Waals surface area contributed by atoms with Crippen LogP contribution in [0.5, 0.6) is 0 Å². The van der Waals surface area contributed by atoms with Gasteiger partial charge in [0.05, 0.1) is 6.61 Å². The number of nitrogens with one attached hydrogen (secondary N) is 1. The fourth-order valence-electron chi connectivity index (χ4n) is 1.94. The molecule has 2 atom stereocenters. The number of rotatable bonds is 10. The van der Waals surface area contributed by atoms with Crippen molar-refractivity contribution in [2.24, 2.45) is 0 Å². The summed E-state index contributed by atoms with van der Waals surface area (Å²) >= 11 is 0. The average molecular weight is 230 g/mol. The molecule has 2 unspecified atom stereocenters. The van der Waals surface area contributed by atoms with E-state index in [0.717, 1.165) is 26.2 Å². The van der Waals surface area contributed by atoms with Gasteiger partial charge in [-0.05, 0) is 32.9 Å². The molecule has 0 aromatic heterocycles. The van der Waals surface area contributed by atoms with Crippen LogP contribution in [-0.4, -0.2) is 50.3 Å². The van der Waals surface area contributed by atoms with Gasteiger partial charge >= 0.3 is 0 Å². The number of likely N-dealkylation sites (N-methyl/N-ethyl adjacent to an activating group) is 1. The third kappa shape index (κ3) is 6.46. The number of hydrogen-bond donors (Lipinski definition) is 1. The third-order valence-electron chi connectivity index (χ3n) is 3.07. The zero-order chi connectivity index (χ0) is 12.4. The van der Waals surface area contributed by atoms with Crippen molar-refractivity contribution in [3.8, 4) is 0 Å². The van der Waals surface area contributed by atoms with Crippen molar-refractivity contribution in [2.45, 2.75) is 52.6 Å². The van der Waals surface area contributed by atoms with Gasteiger partial charge in [-0.2, -0.15) is 0 Å². The largest absolute Gasteiger partial charge is 0.383 e. The van der Waals surface area contributed by atoms with Crippen LogP contribution >= 0.6 is 0 Å². The summed E-state index contributed by atoms with van der Waals surface area (Å²) in [5.74, 6) is 0. The summed E-state index contributed by atoms with van der Waals surface area (Å²) in [6.07, 6.45) is 2.40. The summed E-state index contributed by atoms with van der Waals surface area (Å²) in [6, 6.07) is 1.12. The number of ether oxygens (including phenoxy) is 1. The van der Waals surface area contributed by atoms with Gasteiger partial charge in [0.25, 0.3) is 0 Å². The minimum absolute atomic E-state index is 0.507. The molecule has 0 heterocycles. The first kappa shape index (κ1) is 15.9. The summed E-state index contributed by atoms with van der Waals surface area (Å²) in [7, 11) is 1.77. The Morgan fingerprint density at radius 2 is 1.94 bits per heavy atom. The number of methoxy groups -OCH3 is 1. The van der Waals surface area contributed by atoms with E-state index < -0.39 is 0 Å². The van der Waals surface area contributed by atoms with Crippen molar-refractivity contribution in [3.63, 3.8) is 0 Å². The molecule has 3 heteroatoms. The lowest BCUT2D eigenvalue weighted by molar-refractivity contribution is 0.0952. The fourth-order valence-corrected chi connectivity index (χ4v) is 1.94. The van der Waals surface area contributed by atoms with E-state index in [1.807, 2.05) is 0 Å². The van der Waals surface area contributed by atoms with E-state index in [2.05, 4.69) is 37.9 Å². The van der Waals surface area contributed by atoms with E-state index in [0.29, 0.717) is 12.1 Å². The fraction of sp³-hybridized carbons (Fsp3) is 1.00. The van der Waals surface area contributed by atoms with E-state index in [-0.39, 0.29) is 0 Å². The van der Waals surface area contributed by atoms with Crippen LogP contribution in [0.1, 0.15) is 40.5 Å². The van der Waals surface area contributed by atoms with Gasteiger partial charge in [0, 0.05) is 25.7 Å². The maximum absolute atomic E-state index is 5.22. The van der Waals surface area contributed by atoms with Crippen LogP contribution in [0.2, 0.25) is 0 Å². The van der Waals surface area contributed by atoms with Crippen LogP contribution in [0.15, 0.2) is 0 Å². The summed E-state index contributed by atoms with van der Waals surface area (Å²) < 4.78 is 5.22. The molecular weight excluding hydrogens is 200 g/mol. The number of nitrogens with zero attached hydrogens (tertiary/aromatic N) is 1. The van der Waals surface area contributed by atoms with E-state index in [1.54, 1.807) is 7.11 Å². The van der Waals surface area contributed by atoms with Crippen LogP contribution in [-0.2, 0) is 4.74 Å². The van der Waals surface area contributed by atoms with Gasteiger partial charge in [0.15, 0.2) is 0 Å². The Morgan fingerprint density at radius 1 is 1.25 bits per heavy atom. The van der Waals surface area contributed by atoms with Crippen molar-refractivity contribution in [1.29, 1.82) is 0 Å². The molecule has 0 aliphatic rings. The topological polar surface area (TPSA) is 24.5 Å². The van der Waals surface area contributed by atoms with Gasteiger partial charge in [-0.25, -0.2) is 0 Å². The van der Waals surface area contributed by atoms with E-state index in [9.17, 15) is 0 Å². The molecular formula is C13H30N2O. The number of hydrogen-bond acceptors (Lipinski definition) is 3. The minimum atomic E-state index is 0.507. The molecule has 3 nitrogen and oxygen atoms in total. The van der Waals surface area contributed by atoms with Crippen LogP contribution in [0.25, 0.3) is 0 Å². The van der Waals surface area contributed by atoms with Crippen LogP contribution in [0.4, 0.5) is 0 Å². The second-order valence-corrected chi connectivity index (χ2v) is 4.45. The Morgan fingerprint density at radius 3 is 2.38 bits per heavy atom. The quantitative estimate of drug-likeness (QED) is 0.622. The molecule has 0 bridgehead atoms. The molecule has 0 aromatic carbocycles. The van der Waals surface area contributed by atoms with Crippen molar-refractivity contribution >= 4 is 0 Å². The predicted molar refractivity (Wildman–Crippen MR) is 71.0 cm³/mol. The molecule has 0 saturated heterocycles. The Kier molecular flexibility index (Phi) is 9.99. The Hall–Kier alpha value is -0.120. The standard InChI is InChI=1S/C13H30N2O/c1-6-9-14-13(7-2)10-15(8-3)12(4)11-16-5/h12-14H,6-11H2,1-5H3. The lowest BCUT2D eigenvalue weighted by Gasteiger charge is -2.31. The predicted octanol–water partition coefficient (Wildman–Crippen LogP) is 2.12. The second-order valence-electron chi connectivity index (χ2n) is 4.45. The van der Waals surface area contributed by atoms with E-state index >= 15 is 0 Å². The van der Waals surface area contributed by atoms with Crippen LogP contribution < -0.4 is 5.32 Å². The van der Waals surface area contributed by atoms with Crippen molar-refractivity contribution in [1.82, 2.24) is 10.2 Å². The third-order valence-corrected chi connectivity index (χ3v) is 3.07. The van der Waals surface area contributed by atoms with Gasteiger partial charge in [-0.3, -0.25) is 4.90 Å². The van der Waals surface area contributed by atoms with Gasteiger partial charge in [0.1, 0.15) is 0 Å². The lowest BCUT2D eigenvalue weighted by Crippen LogP contribution is -2.45. The molecule has 0 saturated carbocycles. The summed E-state index contributed by atoms with van der Waals surface area (Å²) in [5.41, 5.74) is 0. The first-order valence-corrected chi connectivity index (χ1v) is 6.65. The van der Waals surface area contributed by atoms with Gasteiger partial charge in [-0.1, -0.05) is 20.8 Å². The molecule has 1 N–H and O–H groups in total. The van der Waals surface area contributed by atoms with Crippen molar-refractivity contribution in [2.75, 3.05) is 33.4 Å². The first-order valence-electron chi connectivity index (χ1n) is 6.65. The maximum Gasteiger partial charge on any atom is 0.0615 e. The summed E-state index contributed by atoms with van der Waals surface area (Å²) in [4.78, 5) is 2.49. The molecule has 0 aliphatic carbocycles. The molecule has 0 rings (SSSR count). The van der Waals surface area contributed by atoms with Crippen LogP contribution in [0.3, 0.4) is 0 Å². The summed E-state index contributed by atoms with van der Waals surface area (Å²) in [5, 5.41) is 3.60. The Balaban J connectivity index is 4.04. The highest BCUT2D eigenvalue weighted by atomic mass is 16.5. The molecule has 16 heavy (non-hydrogen) atoms. The lowest BCUT2D eigenvalue weighted by atomic mass is 10.1. The van der Waals surface area contributed by atoms with Gasteiger partial charge in [0.2, 0.25) is 0 Å². The minimum Gasteiger partial charge on any atom is -0.383 e. The average Bonchev–Trinajstić information content (AvgIpc) is 2.30. The molecule has 0 fully saturated rings. The van der Waals surface area contributed by atoms with Crippen LogP contribution in [0, 0.1) is 0 Å². The molecule has 0 amide bonds. The Bertz CT molecular complexity index is 153. The normalized spacial score (nSPS) is 15.4. The molecule has 0 aliphatic heterocycles. The Labute approximate surface area is 102 Å². The zero-order valence-electron chi connectivity index (χ0n) is 11.8. The monoisotopic (exact) mass is 230 g/mol. The second kappa shape index (κ2) is 10.1. The summed E-state index contributed by atoms with van der Waals surface area (Å²) in [6.45, 7) is 13.1. The highest BCUT2D eigenvalue weighted by Gasteiger charge is 2.15. The van der Waals surface area contributed by atoms with E-state index in [4.69, 9.17) is 4.74 Å². The zero-order valence-corrected chi connectivity index (χ0v) is 11.8. The van der Waals surface area contributed by atoms with Crippen molar-refractivity contribution < 1.29 is 4.74 Å². The van der Waals surface area contributed by atoms with E-state index in [1.165, 1.54) is 12.8 Å². The smallest absolute Gasteiger partial charge is 0.0615 e. The van der Waals surface area contributed by atoms with Gasteiger partial charge < -0.3 is 10.1 Å². The SMILES string of the molecule is CCCNC(CC)CN(CC)C(C)COC. The highest BCUT2D eigenvalue weighted by Crippen LogP contribution is 2.03. The highest BCUT2D eigenvalue weighted by molar-refractivity contribution is 4.74. The molecule has 98 valence electrons. The molecule has 0 spiro atoms. The molecule has 0 radical (unpaired) electrons. The van der Waals surface area contributed by atoms with Gasteiger partial charge in [-0.15, -0.1) is 0 Å².